The van der Waals surface area contributed by atoms with Crippen molar-refractivity contribution in [2.45, 2.75) is 12.5 Å². The maximum Gasteiger partial charge on any atom is 0.268 e. The molecule has 0 saturated heterocycles. The molecular formula is C16H18N2O3. The van der Waals surface area contributed by atoms with Crippen LogP contribution in [0.15, 0.2) is 53.3 Å². The van der Waals surface area contributed by atoms with E-state index < -0.39 is 6.10 Å². The van der Waals surface area contributed by atoms with Crippen LogP contribution in [0.3, 0.4) is 0 Å². The summed E-state index contributed by atoms with van der Waals surface area (Å²) in [5.74, 6) is -0.373. The van der Waals surface area contributed by atoms with E-state index in [-0.39, 0.29) is 23.7 Å². The first-order chi connectivity index (χ1) is 10.1. The molecule has 0 radical (unpaired) electrons. The van der Waals surface area contributed by atoms with Crippen molar-refractivity contribution in [2.75, 3.05) is 6.54 Å². The Kier molecular flexibility index (Phi) is 4.90. The molecule has 21 heavy (non-hydrogen) atoms. The zero-order chi connectivity index (χ0) is 15.2. The minimum Gasteiger partial charge on any atom is -0.391 e. The molecule has 110 valence electrons. The summed E-state index contributed by atoms with van der Waals surface area (Å²) >= 11 is 0. The Morgan fingerprint density at radius 3 is 2.62 bits per heavy atom. The average Bonchev–Trinajstić information content (AvgIpc) is 2.48. The molecule has 2 aromatic rings. The molecule has 2 N–H and O–H groups in total. The minimum atomic E-state index is -0.669. The van der Waals surface area contributed by atoms with E-state index in [1.165, 1.54) is 23.7 Å². The maximum atomic E-state index is 12.0. The monoisotopic (exact) mass is 286 g/mol. The molecule has 0 spiro atoms. The SMILES string of the molecule is Cn1c(C(=O)NCC(O)Cc2ccccc2)cccc1=O. The first kappa shape index (κ1) is 15.0. The van der Waals surface area contributed by atoms with Crippen molar-refractivity contribution in [3.8, 4) is 0 Å². The third-order valence-electron chi connectivity index (χ3n) is 3.23. The number of rotatable bonds is 5. The number of amides is 1. The Morgan fingerprint density at radius 1 is 1.19 bits per heavy atom. The van der Waals surface area contributed by atoms with Gasteiger partial charge in [-0.25, -0.2) is 0 Å². The number of pyridine rings is 1. The summed E-state index contributed by atoms with van der Waals surface area (Å²) in [6, 6.07) is 14.1. The van der Waals surface area contributed by atoms with Crippen LogP contribution < -0.4 is 10.9 Å². The van der Waals surface area contributed by atoms with Crippen LogP contribution in [0.5, 0.6) is 0 Å². The van der Waals surface area contributed by atoms with Crippen molar-refractivity contribution in [1.29, 1.82) is 0 Å². The van der Waals surface area contributed by atoms with E-state index in [0.29, 0.717) is 6.42 Å². The molecule has 0 fully saturated rings. The van der Waals surface area contributed by atoms with Crippen molar-refractivity contribution in [2.24, 2.45) is 7.05 Å². The second-order valence-electron chi connectivity index (χ2n) is 4.86. The van der Waals surface area contributed by atoms with Crippen LogP contribution in [-0.2, 0) is 13.5 Å². The second-order valence-corrected chi connectivity index (χ2v) is 4.86. The predicted molar refractivity (Wildman–Crippen MR) is 80.2 cm³/mol. The van der Waals surface area contributed by atoms with Gasteiger partial charge in [-0.3, -0.25) is 9.59 Å². The molecule has 1 unspecified atom stereocenters. The van der Waals surface area contributed by atoms with Gasteiger partial charge in [0.1, 0.15) is 5.69 Å². The summed E-state index contributed by atoms with van der Waals surface area (Å²) in [5, 5.41) is 12.6. The number of aliphatic hydroxyl groups is 1. The predicted octanol–water partition coefficient (Wildman–Crippen LogP) is 0.719. The molecule has 1 aromatic heterocycles. The number of aliphatic hydroxyl groups excluding tert-OH is 1. The van der Waals surface area contributed by atoms with Crippen molar-refractivity contribution in [1.82, 2.24) is 9.88 Å². The van der Waals surface area contributed by atoms with Gasteiger partial charge in [0.05, 0.1) is 6.10 Å². The van der Waals surface area contributed by atoms with Gasteiger partial charge in [-0.1, -0.05) is 36.4 Å². The summed E-state index contributed by atoms with van der Waals surface area (Å²) in [6.07, 6.45) is -0.202. The minimum absolute atomic E-state index is 0.136. The molecule has 1 atom stereocenters. The Morgan fingerprint density at radius 2 is 1.90 bits per heavy atom. The van der Waals surface area contributed by atoms with Crippen LogP contribution in [0.2, 0.25) is 0 Å². The largest absolute Gasteiger partial charge is 0.391 e. The van der Waals surface area contributed by atoms with Crippen LogP contribution >= 0.6 is 0 Å². The molecule has 0 aliphatic rings. The number of carbonyl (C=O) groups is 1. The Labute approximate surface area is 122 Å². The molecule has 5 nitrogen and oxygen atoms in total. The van der Waals surface area contributed by atoms with E-state index in [2.05, 4.69) is 5.32 Å². The lowest BCUT2D eigenvalue weighted by atomic mass is 10.1. The van der Waals surface area contributed by atoms with Gasteiger partial charge in [-0.05, 0) is 11.6 Å². The third kappa shape index (κ3) is 4.03. The van der Waals surface area contributed by atoms with Crippen LogP contribution in [0, 0.1) is 0 Å². The van der Waals surface area contributed by atoms with Crippen LogP contribution in [0.4, 0.5) is 0 Å². The smallest absolute Gasteiger partial charge is 0.268 e. The molecule has 2 rings (SSSR count). The number of nitrogens with zero attached hydrogens (tertiary/aromatic N) is 1. The van der Waals surface area contributed by atoms with Crippen molar-refractivity contribution in [3.63, 3.8) is 0 Å². The van der Waals surface area contributed by atoms with Gasteiger partial charge in [-0.2, -0.15) is 0 Å². The Bertz CT molecular complexity index is 665. The van der Waals surface area contributed by atoms with Gasteiger partial charge >= 0.3 is 0 Å². The van der Waals surface area contributed by atoms with E-state index in [1.807, 2.05) is 30.3 Å². The Balaban J connectivity index is 1.92. The van der Waals surface area contributed by atoms with Crippen molar-refractivity contribution >= 4 is 5.91 Å². The summed E-state index contributed by atoms with van der Waals surface area (Å²) < 4.78 is 1.28. The first-order valence-corrected chi connectivity index (χ1v) is 6.74. The molecular weight excluding hydrogens is 268 g/mol. The number of nitrogens with one attached hydrogen (secondary N) is 1. The van der Waals surface area contributed by atoms with Crippen LogP contribution in [-0.4, -0.2) is 28.2 Å². The second kappa shape index (κ2) is 6.85. The van der Waals surface area contributed by atoms with Crippen molar-refractivity contribution in [3.05, 3.63) is 70.1 Å². The fourth-order valence-corrected chi connectivity index (χ4v) is 2.05. The molecule has 0 aliphatic heterocycles. The van der Waals surface area contributed by atoms with Crippen LogP contribution in [0.25, 0.3) is 0 Å². The van der Waals surface area contributed by atoms with Gasteiger partial charge in [0.2, 0.25) is 0 Å². The van der Waals surface area contributed by atoms with Gasteiger partial charge in [0.15, 0.2) is 0 Å². The quantitative estimate of drug-likeness (QED) is 0.850. The van der Waals surface area contributed by atoms with Crippen molar-refractivity contribution < 1.29 is 9.90 Å². The number of aromatic nitrogens is 1. The van der Waals surface area contributed by atoms with E-state index in [1.54, 1.807) is 6.07 Å². The van der Waals surface area contributed by atoms with Gasteiger partial charge in [0.25, 0.3) is 11.5 Å². The molecule has 0 aliphatic carbocycles. The topological polar surface area (TPSA) is 71.3 Å². The fraction of sp³-hybridized carbons (Fsp3) is 0.250. The number of hydrogen-bond donors (Lipinski definition) is 2. The van der Waals surface area contributed by atoms with Gasteiger partial charge in [-0.15, -0.1) is 0 Å². The number of carbonyl (C=O) groups excluding carboxylic acids is 1. The maximum absolute atomic E-state index is 12.0. The highest BCUT2D eigenvalue weighted by Gasteiger charge is 2.12. The fourth-order valence-electron chi connectivity index (χ4n) is 2.05. The van der Waals surface area contributed by atoms with Gasteiger partial charge < -0.3 is 15.0 Å². The van der Waals surface area contributed by atoms with E-state index >= 15 is 0 Å². The first-order valence-electron chi connectivity index (χ1n) is 6.74. The zero-order valence-corrected chi connectivity index (χ0v) is 11.8. The summed E-state index contributed by atoms with van der Waals surface area (Å²) in [4.78, 5) is 23.4. The standard InChI is InChI=1S/C16H18N2O3/c1-18-14(8-5-9-15(18)20)16(21)17-11-13(19)10-12-6-3-2-4-7-12/h2-9,13,19H,10-11H2,1H3,(H,17,21). The summed E-state index contributed by atoms with van der Waals surface area (Å²) in [5.41, 5.74) is 1.04. The van der Waals surface area contributed by atoms with E-state index in [4.69, 9.17) is 0 Å². The lowest BCUT2D eigenvalue weighted by molar-refractivity contribution is 0.0906. The average molecular weight is 286 g/mol. The molecule has 5 heteroatoms. The van der Waals surface area contributed by atoms with Gasteiger partial charge in [0, 0.05) is 26.1 Å². The molecule has 1 heterocycles. The highest BCUT2D eigenvalue weighted by molar-refractivity contribution is 5.92. The highest BCUT2D eigenvalue weighted by atomic mass is 16.3. The number of hydrogen-bond acceptors (Lipinski definition) is 3. The Hall–Kier alpha value is -2.40. The lowest BCUT2D eigenvalue weighted by Gasteiger charge is -2.13. The van der Waals surface area contributed by atoms with Crippen LogP contribution in [0.1, 0.15) is 16.1 Å². The number of benzene rings is 1. The molecule has 1 amide bonds. The van der Waals surface area contributed by atoms with E-state index in [0.717, 1.165) is 5.56 Å². The molecule has 1 aromatic carbocycles. The normalized spacial score (nSPS) is 11.9. The van der Waals surface area contributed by atoms with E-state index in [9.17, 15) is 14.7 Å². The molecule has 0 bridgehead atoms. The third-order valence-corrected chi connectivity index (χ3v) is 3.23. The highest BCUT2D eigenvalue weighted by Crippen LogP contribution is 2.02. The summed E-state index contributed by atoms with van der Waals surface area (Å²) in [7, 11) is 1.54. The zero-order valence-electron chi connectivity index (χ0n) is 11.8. The summed E-state index contributed by atoms with van der Waals surface area (Å²) in [6.45, 7) is 0.136. The molecule has 0 saturated carbocycles. The lowest BCUT2D eigenvalue weighted by Crippen LogP contribution is -2.36.